The second-order valence-electron chi connectivity index (χ2n) is 7.46. The van der Waals surface area contributed by atoms with E-state index in [1.807, 2.05) is 0 Å². The monoisotopic (exact) mass is 450 g/mol. The minimum Gasteiger partial charge on any atom is -0.326 e. The Morgan fingerprint density at radius 1 is 0.970 bits per heavy atom. The lowest BCUT2D eigenvalue weighted by Gasteiger charge is -2.29. The molecule has 33 heavy (non-hydrogen) atoms. The lowest BCUT2D eigenvalue weighted by atomic mass is 9.71. The van der Waals surface area contributed by atoms with Crippen molar-refractivity contribution in [3.05, 3.63) is 88.1 Å². The van der Waals surface area contributed by atoms with Crippen molar-refractivity contribution in [1.82, 2.24) is 30.8 Å². The third kappa shape index (κ3) is 3.64. The van der Waals surface area contributed by atoms with Gasteiger partial charge in [-0.05, 0) is 12.1 Å². The van der Waals surface area contributed by atoms with Gasteiger partial charge in [0.05, 0.1) is 24.0 Å². The van der Waals surface area contributed by atoms with Crippen molar-refractivity contribution in [3.63, 3.8) is 0 Å². The number of carbonyl (C=O) groups excluding carboxylic acids is 1. The normalized spacial score (nSPS) is 20.6. The average molecular weight is 450 g/mol. The maximum atomic E-state index is 15.1. The number of rotatable bonds is 5. The number of hydrogen-bond donors (Lipinski definition) is 3. The summed E-state index contributed by atoms with van der Waals surface area (Å²) in [5.74, 6) is -4.99. The van der Waals surface area contributed by atoms with Crippen LogP contribution in [0.1, 0.15) is 22.9 Å². The van der Waals surface area contributed by atoms with Crippen molar-refractivity contribution in [2.45, 2.75) is 5.92 Å². The van der Waals surface area contributed by atoms with Crippen LogP contribution in [0.25, 0.3) is 0 Å². The van der Waals surface area contributed by atoms with Crippen molar-refractivity contribution in [3.8, 4) is 0 Å². The number of carbonyl (C=O) groups is 1. The smallest absolute Gasteiger partial charge is 0.266 e. The Bertz CT molecular complexity index is 1300. The van der Waals surface area contributed by atoms with Crippen molar-refractivity contribution < 1.29 is 13.6 Å². The topological polar surface area (TPSA) is 137 Å². The first-order valence-corrected chi connectivity index (χ1v) is 9.98. The minimum absolute atomic E-state index is 0.173. The predicted octanol–water partition coefficient (Wildman–Crippen LogP) is 0.696. The molecule has 0 radical (unpaired) electrons. The largest absolute Gasteiger partial charge is 0.326 e. The van der Waals surface area contributed by atoms with E-state index < -0.39 is 40.9 Å². The molecule has 0 saturated carbocycles. The van der Waals surface area contributed by atoms with Gasteiger partial charge in [-0.3, -0.25) is 19.6 Å². The van der Waals surface area contributed by atoms with Gasteiger partial charge in [-0.25, -0.2) is 19.2 Å². The summed E-state index contributed by atoms with van der Waals surface area (Å²) < 4.78 is 30.2. The molecule has 0 aliphatic carbocycles. The fourth-order valence-electron chi connectivity index (χ4n) is 4.22. The second kappa shape index (κ2) is 8.30. The molecule has 4 heterocycles. The Labute approximate surface area is 184 Å². The number of amides is 1. The maximum Gasteiger partial charge on any atom is 0.266 e. The van der Waals surface area contributed by atoms with Gasteiger partial charge in [-0.2, -0.15) is 10.2 Å². The summed E-state index contributed by atoms with van der Waals surface area (Å²) in [7, 11) is 0. The molecule has 5 rings (SSSR count). The molecule has 2 aliphatic heterocycles. The van der Waals surface area contributed by atoms with Gasteiger partial charge in [0.1, 0.15) is 28.7 Å². The van der Waals surface area contributed by atoms with Gasteiger partial charge < -0.3 is 10.4 Å². The summed E-state index contributed by atoms with van der Waals surface area (Å²) in [4.78, 5) is 39.3. The first-order chi connectivity index (χ1) is 16.0. The van der Waals surface area contributed by atoms with E-state index in [1.165, 1.54) is 30.9 Å². The third-order valence-corrected chi connectivity index (χ3v) is 5.61. The fourth-order valence-corrected chi connectivity index (χ4v) is 4.22. The van der Waals surface area contributed by atoms with Gasteiger partial charge in [-0.15, -0.1) is 0 Å². The van der Waals surface area contributed by atoms with Crippen LogP contribution in [0.5, 0.6) is 0 Å². The summed E-state index contributed by atoms with van der Waals surface area (Å²) in [6.07, 6.45) is 6.77. The summed E-state index contributed by atoms with van der Waals surface area (Å²) in [6, 6.07) is 3.52. The number of nitrogens with zero attached hydrogens (tertiary/aromatic N) is 5. The Morgan fingerprint density at radius 2 is 1.79 bits per heavy atom. The van der Waals surface area contributed by atoms with E-state index in [9.17, 15) is 9.59 Å². The van der Waals surface area contributed by atoms with Gasteiger partial charge in [0.15, 0.2) is 0 Å². The number of aromatic nitrogens is 4. The van der Waals surface area contributed by atoms with Crippen LogP contribution in [0.4, 0.5) is 8.78 Å². The molecule has 1 amide bonds. The van der Waals surface area contributed by atoms with Crippen LogP contribution in [-0.2, 0) is 4.79 Å². The molecule has 0 bridgehead atoms. The summed E-state index contributed by atoms with van der Waals surface area (Å²) in [5, 5.41) is 8.36. The summed E-state index contributed by atoms with van der Waals surface area (Å²) >= 11 is 0. The molecular formula is C21H16F2N8O2. The van der Waals surface area contributed by atoms with Gasteiger partial charge in [0, 0.05) is 42.5 Å². The number of aromatic amines is 1. The van der Waals surface area contributed by atoms with Crippen molar-refractivity contribution in [2.24, 2.45) is 22.0 Å². The molecule has 166 valence electrons. The van der Waals surface area contributed by atoms with E-state index in [0.717, 1.165) is 18.3 Å². The number of hydrazone groups is 2. The Hall–Kier alpha value is -4.35. The van der Waals surface area contributed by atoms with Gasteiger partial charge in [-0.1, -0.05) is 6.07 Å². The molecule has 0 saturated heterocycles. The molecule has 3 aromatic rings. The molecular weight excluding hydrogens is 434 g/mol. The highest BCUT2D eigenvalue weighted by Crippen LogP contribution is 2.41. The standard InChI is InChI=1S/C21H16F2N8O2/c22-11-2-1-3-12(23)17(11)16(10-6-28-29-19(10)14-8-27-15(32)9-26-14)18-20(30-31-21(18)33)13-7-24-4-5-25-13/h1-5,7-10,16,18,28H,6H2,(H,27,32)(H,31,33). The minimum atomic E-state index is -1.09. The highest BCUT2D eigenvalue weighted by Gasteiger charge is 2.47. The van der Waals surface area contributed by atoms with Crippen molar-refractivity contribution >= 4 is 17.3 Å². The SMILES string of the molecule is O=C1NN=C(c2cnccn2)C1C(c1c(F)cccc1F)C1CNN=C1c1c[nH]c(=O)cn1. The number of hydrogen-bond acceptors (Lipinski definition) is 8. The fraction of sp³-hybridized carbons (Fsp3) is 0.190. The molecule has 2 aromatic heterocycles. The Balaban J connectivity index is 1.67. The number of benzene rings is 1. The average Bonchev–Trinajstić information content (AvgIpc) is 3.45. The van der Waals surface area contributed by atoms with Crippen LogP contribution in [0, 0.1) is 23.5 Å². The molecule has 3 atom stereocenters. The zero-order valence-electron chi connectivity index (χ0n) is 16.9. The van der Waals surface area contributed by atoms with Crippen molar-refractivity contribution in [2.75, 3.05) is 6.54 Å². The molecule has 3 N–H and O–H groups in total. The molecule has 2 aliphatic rings. The van der Waals surface area contributed by atoms with Gasteiger partial charge >= 0.3 is 0 Å². The zero-order valence-corrected chi connectivity index (χ0v) is 16.9. The molecule has 10 nitrogen and oxygen atoms in total. The Kier molecular flexibility index (Phi) is 5.17. The van der Waals surface area contributed by atoms with Crippen LogP contribution in [0.2, 0.25) is 0 Å². The van der Waals surface area contributed by atoms with Crippen molar-refractivity contribution in [1.29, 1.82) is 0 Å². The molecule has 1 aromatic carbocycles. The van der Waals surface area contributed by atoms with E-state index >= 15 is 8.78 Å². The number of halogens is 2. The van der Waals surface area contributed by atoms with Gasteiger partial charge in [0.25, 0.3) is 5.56 Å². The summed E-state index contributed by atoms with van der Waals surface area (Å²) in [5.41, 5.74) is 5.71. The van der Waals surface area contributed by atoms with Crippen LogP contribution in [0.3, 0.4) is 0 Å². The van der Waals surface area contributed by atoms with E-state index in [4.69, 9.17) is 0 Å². The lowest BCUT2D eigenvalue weighted by Crippen LogP contribution is -2.39. The second-order valence-corrected chi connectivity index (χ2v) is 7.46. The van der Waals surface area contributed by atoms with Crippen LogP contribution in [0.15, 0.2) is 64.2 Å². The van der Waals surface area contributed by atoms with Crippen LogP contribution >= 0.6 is 0 Å². The van der Waals surface area contributed by atoms with Crippen LogP contribution < -0.4 is 16.4 Å². The van der Waals surface area contributed by atoms with E-state index in [0.29, 0.717) is 17.1 Å². The molecule has 3 unspecified atom stereocenters. The highest BCUT2D eigenvalue weighted by atomic mass is 19.1. The zero-order chi connectivity index (χ0) is 22.9. The highest BCUT2D eigenvalue weighted by molar-refractivity contribution is 6.16. The lowest BCUT2D eigenvalue weighted by molar-refractivity contribution is -0.122. The molecule has 0 spiro atoms. The van der Waals surface area contributed by atoms with E-state index in [-0.39, 0.29) is 17.8 Å². The van der Waals surface area contributed by atoms with Gasteiger partial charge in [0.2, 0.25) is 5.91 Å². The molecule has 12 heteroatoms. The van der Waals surface area contributed by atoms with Crippen LogP contribution in [-0.4, -0.2) is 43.8 Å². The molecule has 0 fully saturated rings. The predicted molar refractivity (Wildman–Crippen MR) is 112 cm³/mol. The first-order valence-electron chi connectivity index (χ1n) is 9.98. The maximum absolute atomic E-state index is 15.1. The third-order valence-electron chi connectivity index (χ3n) is 5.61. The first kappa shape index (κ1) is 20.5. The Morgan fingerprint density at radius 3 is 2.48 bits per heavy atom. The van der Waals surface area contributed by atoms with E-state index in [2.05, 4.69) is 41.0 Å². The van der Waals surface area contributed by atoms with E-state index in [1.54, 1.807) is 0 Å². The summed E-state index contributed by atoms with van der Waals surface area (Å²) in [6.45, 7) is 0.173. The quantitative estimate of drug-likeness (QED) is 0.523. The number of H-pyrrole nitrogens is 1. The number of nitrogens with one attached hydrogen (secondary N) is 3.